The predicted octanol–water partition coefficient (Wildman–Crippen LogP) is 2.45. The molecule has 7 nitrogen and oxygen atoms in total. The Kier molecular flexibility index (Phi) is 4.36. The molecule has 130 valence electrons. The first kappa shape index (κ1) is 17.2. The molecule has 0 aliphatic rings. The lowest BCUT2D eigenvalue weighted by Crippen LogP contribution is -2.11. The molecule has 0 aliphatic heterocycles. The van der Waals surface area contributed by atoms with Crippen LogP contribution in [0.4, 0.5) is 0 Å². The number of rotatable bonds is 4. The Balaban J connectivity index is 2.01. The van der Waals surface area contributed by atoms with E-state index in [2.05, 4.69) is 9.11 Å². The van der Waals surface area contributed by atoms with Crippen LogP contribution in [0.25, 0.3) is 10.9 Å². The van der Waals surface area contributed by atoms with Crippen molar-refractivity contribution in [2.45, 2.75) is 11.8 Å². The van der Waals surface area contributed by atoms with Crippen molar-refractivity contribution in [2.75, 3.05) is 7.11 Å². The second-order valence-corrected chi connectivity index (χ2v) is 7.53. The van der Waals surface area contributed by atoms with Crippen LogP contribution in [0.3, 0.4) is 0 Å². The molecule has 0 amide bonds. The molecule has 0 fully saturated rings. The van der Waals surface area contributed by atoms with Crippen molar-refractivity contribution in [1.29, 1.82) is 0 Å². The van der Waals surface area contributed by atoms with Gasteiger partial charge >= 0.3 is 16.1 Å². The van der Waals surface area contributed by atoms with Crippen LogP contribution in [0.2, 0.25) is 0 Å². The molecule has 0 atom stereocenters. The normalized spacial score (nSPS) is 11.4. The number of hydrogen-bond acceptors (Lipinski definition) is 7. The van der Waals surface area contributed by atoms with E-state index in [-0.39, 0.29) is 26.3 Å². The topological polar surface area (TPSA) is 103 Å². The maximum absolute atomic E-state index is 12.5. The third-order valence-corrected chi connectivity index (χ3v) is 5.52. The number of ether oxygens (including phenoxy) is 1. The first-order valence-corrected chi connectivity index (χ1v) is 9.29. The van der Waals surface area contributed by atoms with Gasteiger partial charge in [0.25, 0.3) is 4.74 Å². The van der Waals surface area contributed by atoms with Crippen LogP contribution in [-0.4, -0.2) is 25.9 Å². The lowest BCUT2D eigenvalue weighted by atomic mass is 10.1. The predicted molar refractivity (Wildman–Crippen MR) is 92.8 cm³/mol. The van der Waals surface area contributed by atoms with Crippen molar-refractivity contribution in [3.63, 3.8) is 0 Å². The minimum Gasteiger partial charge on any atom is -0.465 e. The van der Waals surface area contributed by atoms with Crippen molar-refractivity contribution in [1.82, 2.24) is 4.37 Å². The van der Waals surface area contributed by atoms with Crippen molar-refractivity contribution < 1.29 is 22.1 Å². The number of nitrogens with one attached hydrogen (secondary N) is 1. The van der Waals surface area contributed by atoms with Gasteiger partial charge in [-0.15, -0.1) is 0 Å². The summed E-state index contributed by atoms with van der Waals surface area (Å²) in [5.41, 5.74) is 1.26. The van der Waals surface area contributed by atoms with E-state index in [0.717, 1.165) is 11.5 Å². The fourth-order valence-corrected chi connectivity index (χ4v) is 3.86. The van der Waals surface area contributed by atoms with Crippen LogP contribution in [0, 0.1) is 6.92 Å². The smallest absolute Gasteiger partial charge is 0.339 e. The van der Waals surface area contributed by atoms with Crippen molar-refractivity contribution in [3.05, 3.63) is 57.1 Å². The van der Waals surface area contributed by atoms with Crippen molar-refractivity contribution >= 4 is 38.5 Å². The highest BCUT2D eigenvalue weighted by atomic mass is 32.2. The fourth-order valence-electron chi connectivity index (χ4n) is 2.19. The summed E-state index contributed by atoms with van der Waals surface area (Å²) in [6, 6.07) is 8.48. The minimum atomic E-state index is -4.17. The number of carbonyl (C=O) groups is 1. The van der Waals surface area contributed by atoms with Gasteiger partial charge in [-0.1, -0.05) is 6.07 Å². The quantitative estimate of drug-likeness (QED) is 0.552. The summed E-state index contributed by atoms with van der Waals surface area (Å²) in [6.07, 6.45) is 0. The van der Waals surface area contributed by atoms with E-state index in [1.54, 1.807) is 13.0 Å². The van der Waals surface area contributed by atoms with Gasteiger partial charge in [-0.05, 0) is 54.4 Å². The fraction of sp³-hybridized carbons (Fsp3) is 0.125. The van der Waals surface area contributed by atoms with Gasteiger partial charge < -0.3 is 13.3 Å². The average molecular weight is 379 g/mol. The summed E-state index contributed by atoms with van der Waals surface area (Å²) in [7, 11) is -2.94. The monoisotopic (exact) mass is 379 g/mol. The molecule has 9 heteroatoms. The first-order valence-electron chi connectivity index (χ1n) is 7.06. The number of esters is 1. The number of carbonyl (C=O) groups excluding carboxylic acids is 1. The Morgan fingerprint density at radius 2 is 1.92 bits per heavy atom. The lowest BCUT2D eigenvalue weighted by molar-refractivity contribution is 0.0600. The van der Waals surface area contributed by atoms with Gasteiger partial charge in [0, 0.05) is 0 Å². The average Bonchev–Trinajstić information content (AvgIpc) is 2.96. The molecular weight excluding hydrogens is 366 g/mol. The van der Waals surface area contributed by atoms with E-state index in [1.165, 1.54) is 37.4 Å². The Morgan fingerprint density at radius 1 is 1.16 bits per heavy atom. The molecule has 3 aromatic rings. The minimum absolute atomic E-state index is 0.0159. The molecule has 1 heterocycles. The van der Waals surface area contributed by atoms with E-state index < -0.39 is 16.1 Å². The summed E-state index contributed by atoms with van der Waals surface area (Å²) in [4.78, 5) is 23.2. The van der Waals surface area contributed by atoms with Crippen LogP contribution in [0.15, 0.2) is 46.1 Å². The Hall–Kier alpha value is -2.65. The van der Waals surface area contributed by atoms with Gasteiger partial charge in [0.1, 0.15) is 10.6 Å². The van der Waals surface area contributed by atoms with E-state index >= 15 is 0 Å². The van der Waals surface area contributed by atoms with E-state index in [1.807, 2.05) is 0 Å². The Morgan fingerprint density at radius 3 is 2.64 bits per heavy atom. The standard InChI is InChI=1S/C16H13NO6S2/c1-9-3-4-10(15(18)22-2)7-14(9)23-25(20,21)11-5-6-13-12(8-11)16(19)24-17-13/h3-8,17H,1-2H3. The number of fused-ring (bicyclic) bond motifs is 1. The van der Waals surface area contributed by atoms with Crippen LogP contribution in [0.5, 0.6) is 5.75 Å². The highest BCUT2D eigenvalue weighted by molar-refractivity contribution is 7.87. The maximum Gasteiger partial charge on any atom is 0.339 e. The molecule has 2 aromatic carbocycles. The number of benzene rings is 2. The number of aryl methyl sites for hydroxylation is 1. The van der Waals surface area contributed by atoms with E-state index in [9.17, 15) is 18.0 Å². The number of H-pyrrole nitrogens is 1. The molecule has 1 aromatic heterocycles. The van der Waals surface area contributed by atoms with Gasteiger partial charge in [0.15, 0.2) is 0 Å². The van der Waals surface area contributed by atoms with Gasteiger partial charge in [0.05, 0.1) is 23.6 Å². The highest BCUT2D eigenvalue weighted by Gasteiger charge is 2.20. The lowest BCUT2D eigenvalue weighted by Gasteiger charge is -2.10. The second-order valence-electron chi connectivity index (χ2n) is 5.21. The zero-order valence-corrected chi connectivity index (χ0v) is 14.9. The van der Waals surface area contributed by atoms with E-state index in [4.69, 9.17) is 4.18 Å². The molecule has 0 unspecified atom stereocenters. The van der Waals surface area contributed by atoms with Crippen molar-refractivity contribution in [2.24, 2.45) is 0 Å². The van der Waals surface area contributed by atoms with E-state index in [0.29, 0.717) is 11.1 Å². The second kappa shape index (κ2) is 6.34. The van der Waals surface area contributed by atoms with Gasteiger partial charge in [-0.2, -0.15) is 8.42 Å². The van der Waals surface area contributed by atoms with Crippen LogP contribution < -0.4 is 8.93 Å². The van der Waals surface area contributed by atoms with Crippen LogP contribution in [-0.2, 0) is 14.9 Å². The molecule has 0 saturated heterocycles. The molecule has 0 aliphatic carbocycles. The first-order chi connectivity index (χ1) is 11.8. The zero-order valence-electron chi connectivity index (χ0n) is 13.2. The third-order valence-electron chi connectivity index (χ3n) is 3.56. The molecule has 25 heavy (non-hydrogen) atoms. The summed E-state index contributed by atoms with van der Waals surface area (Å²) >= 11 is 0.884. The molecule has 1 N–H and O–H groups in total. The molecule has 0 spiro atoms. The largest absolute Gasteiger partial charge is 0.465 e. The van der Waals surface area contributed by atoms with Crippen molar-refractivity contribution in [3.8, 4) is 5.75 Å². The highest BCUT2D eigenvalue weighted by Crippen LogP contribution is 2.25. The third kappa shape index (κ3) is 3.28. The van der Waals surface area contributed by atoms with Crippen LogP contribution in [0.1, 0.15) is 15.9 Å². The van der Waals surface area contributed by atoms with Crippen LogP contribution >= 0.6 is 11.5 Å². The molecule has 3 rings (SSSR count). The number of methoxy groups -OCH3 is 1. The Labute approximate surface area is 147 Å². The van der Waals surface area contributed by atoms with Gasteiger partial charge in [0.2, 0.25) is 0 Å². The maximum atomic E-state index is 12.5. The number of aromatic nitrogens is 1. The summed E-state index contributed by atoms with van der Waals surface area (Å²) < 4.78 is 37.4. The summed E-state index contributed by atoms with van der Waals surface area (Å²) in [5.74, 6) is -0.587. The SMILES string of the molecule is COC(=O)c1ccc(C)c(OS(=O)(=O)c2ccc3[nH]sc(=O)c3c2)c1. The molecular formula is C16H13NO6S2. The van der Waals surface area contributed by atoms with Gasteiger partial charge in [-0.3, -0.25) is 4.79 Å². The number of aromatic amines is 1. The molecule has 0 radical (unpaired) electrons. The van der Waals surface area contributed by atoms with Gasteiger partial charge in [-0.25, -0.2) is 4.79 Å². The summed E-state index contributed by atoms with van der Waals surface area (Å²) in [6.45, 7) is 1.65. The zero-order chi connectivity index (χ0) is 18.2. The molecule has 0 bridgehead atoms. The molecule has 0 saturated carbocycles. The number of hydrogen-bond donors (Lipinski definition) is 1. The Bertz CT molecular complexity index is 1130. The summed E-state index contributed by atoms with van der Waals surface area (Å²) in [5, 5.41) is 0.273.